The molecule has 1 aliphatic rings. The van der Waals surface area contributed by atoms with Crippen LogP contribution in [0.3, 0.4) is 0 Å². The molecule has 2 rings (SSSR count). The molecule has 0 aliphatic carbocycles. The van der Waals surface area contributed by atoms with Crippen molar-refractivity contribution in [2.75, 3.05) is 13.2 Å². The van der Waals surface area contributed by atoms with Gasteiger partial charge in [-0.15, -0.1) is 0 Å². The number of hydrogen-bond donors (Lipinski definition) is 2. The first-order chi connectivity index (χ1) is 5.88. The Balaban J connectivity index is 2.42. The average Bonchev–Trinajstić information content (AvgIpc) is 2.30. The summed E-state index contributed by atoms with van der Waals surface area (Å²) >= 11 is 0. The van der Waals surface area contributed by atoms with Gasteiger partial charge in [0.2, 0.25) is 0 Å². The van der Waals surface area contributed by atoms with Crippen LogP contribution < -0.4 is 10.1 Å². The molecule has 3 nitrogen and oxygen atoms in total. The number of phenols is 1. The third-order valence-corrected chi connectivity index (χ3v) is 1.92. The Morgan fingerprint density at radius 1 is 1.42 bits per heavy atom. The van der Waals surface area contributed by atoms with Crippen molar-refractivity contribution in [3.63, 3.8) is 0 Å². The van der Waals surface area contributed by atoms with E-state index in [2.05, 4.69) is 5.32 Å². The first-order valence-electron chi connectivity index (χ1n) is 4.02. The van der Waals surface area contributed by atoms with Crippen LogP contribution >= 0.6 is 0 Å². The number of benzene rings is 1. The topological polar surface area (TPSA) is 41.5 Å². The van der Waals surface area contributed by atoms with E-state index in [0.717, 1.165) is 18.7 Å². The monoisotopic (exact) mass is 165 g/mol. The van der Waals surface area contributed by atoms with Crippen molar-refractivity contribution >= 4 is 0 Å². The number of para-hydroxylation sites is 1. The molecule has 12 heavy (non-hydrogen) atoms. The molecule has 0 saturated heterocycles. The molecule has 0 aromatic heterocycles. The SMILES string of the molecule is Oc1cccc2c1OCCNC2. The van der Waals surface area contributed by atoms with Crippen LogP contribution in [-0.2, 0) is 6.54 Å². The average molecular weight is 165 g/mol. The van der Waals surface area contributed by atoms with Crippen LogP contribution in [0.15, 0.2) is 18.2 Å². The highest BCUT2D eigenvalue weighted by atomic mass is 16.5. The lowest BCUT2D eigenvalue weighted by Gasteiger charge is -2.07. The largest absolute Gasteiger partial charge is 0.504 e. The first-order valence-corrected chi connectivity index (χ1v) is 4.02. The quantitative estimate of drug-likeness (QED) is 0.599. The van der Waals surface area contributed by atoms with Gasteiger partial charge in [0, 0.05) is 18.7 Å². The maximum absolute atomic E-state index is 9.43. The molecule has 2 N–H and O–H groups in total. The fourth-order valence-electron chi connectivity index (χ4n) is 1.33. The van der Waals surface area contributed by atoms with Crippen LogP contribution in [0.5, 0.6) is 11.5 Å². The first kappa shape index (κ1) is 7.43. The Morgan fingerprint density at radius 3 is 3.25 bits per heavy atom. The fraction of sp³-hybridized carbons (Fsp3) is 0.333. The summed E-state index contributed by atoms with van der Waals surface area (Å²) in [6.07, 6.45) is 0. The van der Waals surface area contributed by atoms with Gasteiger partial charge >= 0.3 is 0 Å². The van der Waals surface area contributed by atoms with Crippen molar-refractivity contribution in [2.24, 2.45) is 0 Å². The van der Waals surface area contributed by atoms with Gasteiger partial charge in [0.25, 0.3) is 0 Å². The number of nitrogens with one attached hydrogen (secondary N) is 1. The lowest BCUT2D eigenvalue weighted by molar-refractivity contribution is 0.307. The van der Waals surface area contributed by atoms with E-state index in [-0.39, 0.29) is 5.75 Å². The minimum atomic E-state index is 0.233. The zero-order valence-electron chi connectivity index (χ0n) is 6.71. The van der Waals surface area contributed by atoms with Gasteiger partial charge < -0.3 is 15.2 Å². The van der Waals surface area contributed by atoms with Crippen molar-refractivity contribution < 1.29 is 9.84 Å². The van der Waals surface area contributed by atoms with Gasteiger partial charge in [0.05, 0.1) is 0 Å². The predicted molar refractivity (Wildman–Crippen MR) is 45.3 cm³/mol. The van der Waals surface area contributed by atoms with Gasteiger partial charge in [-0.3, -0.25) is 0 Å². The lowest BCUT2D eigenvalue weighted by Crippen LogP contribution is -2.16. The number of hydrogen-bond acceptors (Lipinski definition) is 3. The summed E-state index contributed by atoms with van der Waals surface area (Å²) in [5, 5.41) is 12.6. The molecule has 0 radical (unpaired) electrons. The molecular formula is C9H11NO2. The smallest absolute Gasteiger partial charge is 0.165 e. The van der Waals surface area contributed by atoms with Gasteiger partial charge in [-0.05, 0) is 6.07 Å². The number of rotatable bonds is 0. The highest BCUT2D eigenvalue weighted by molar-refractivity contribution is 5.45. The summed E-state index contributed by atoms with van der Waals surface area (Å²) in [4.78, 5) is 0. The Hall–Kier alpha value is -1.22. The van der Waals surface area contributed by atoms with Crippen LogP contribution in [0.1, 0.15) is 5.56 Å². The Morgan fingerprint density at radius 2 is 2.33 bits per heavy atom. The predicted octanol–water partition coefficient (Wildman–Crippen LogP) is 0.874. The van der Waals surface area contributed by atoms with E-state index in [0.29, 0.717) is 12.4 Å². The van der Waals surface area contributed by atoms with Crippen LogP contribution in [0, 0.1) is 0 Å². The van der Waals surface area contributed by atoms with Crippen molar-refractivity contribution in [3.8, 4) is 11.5 Å². The minimum absolute atomic E-state index is 0.233. The highest BCUT2D eigenvalue weighted by Gasteiger charge is 2.11. The molecule has 1 aliphatic heterocycles. The number of phenolic OH excluding ortho intramolecular Hbond substituents is 1. The van der Waals surface area contributed by atoms with Gasteiger partial charge in [0.1, 0.15) is 6.61 Å². The molecule has 1 aromatic rings. The molecule has 0 saturated carbocycles. The van der Waals surface area contributed by atoms with Gasteiger partial charge in [-0.2, -0.15) is 0 Å². The molecule has 1 aromatic carbocycles. The fourth-order valence-corrected chi connectivity index (χ4v) is 1.33. The minimum Gasteiger partial charge on any atom is -0.504 e. The normalized spacial score (nSPS) is 16.0. The third kappa shape index (κ3) is 1.23. The third-order valence-electron chi connectivity index (χ3n) is 1.92. The molecule has 0 unspecified atom stereocenters. The van der Waals surface area contributed by atoms with E-state index in [9.17, 15) is 5.11 Å². The molecule has 0 spiro atoms. The van der Waals surface area contributed by atoms with Crippen molar-refractivity contribution in [1.29, 1.82) is 0 Å². The van der Waals surface area contributed by atoms with E-state index in [4.69, 9.17) is 4.74 Å². The number of aromatic hydroxyl groups is 1. The zero-order chi connectivity index (χ0) is 8.39. The Kier molecular flexibility index (Phi) is 1.87. The molecule has 0 fully saturated rings. The second-order valence-corrected chi connectivity index (χ2v) is 2.79. The van der Waals surface area contributed by atoms with Gasteiger partial charge in [-0.1, -0.05) is 12.1 Å². The molecule has 0 amide bonds. The summed E-state index contributed by atoms with van der Waals surface area (Å²) in [5.41, 5.74) is 1.02. The van der Waals surface area contributed by atoms with E-state index in [1.165, 1.54) is 0 Å². The van der Waals surface area contributed by atoms with E-state index >= 15 is 0 Å². The Bertz CT molecular complexity index is 286. The number of fused-ring (bicyclic) bond motifs is 1. The summed E-state index contributed by atoms with van der Waals surface area (Å²) in [6, 6.07) is 5.42. The summed E-state index contributed by atoms with van der Waals surface area (Å²) in [6.45, 7) is 2.21. The Labute approximate surface area is 71.0 Å². The van der Waals surface area contributed by atoms with E-state index in [1.807, 2.05) is 12.1 Å². The van der Waals surface area contributed by atoms with Crippen LogP contribution in [0.2, 0.25) is 0 Å². The molecule has 0 bridgehead atoms. The standard InChI is InChI=1S/C9H11NO2/c11-8-3-1-2-7-6-10-4-5-12-9(7)8/h1-3,10-11H,4-6H2. The number of ether oxygens (including phenoxy) is 1. The lowest BCUT2D eigenvalue weighted by atomic mass is 10.2. The second kappa shape index (κ2) is 3.03. The maximum Gasteiger partial charge on any atom is 0.165 e. The van der Waals surface area contributed by atoms with Crippen molar-refractivity contribution in [3.05, 3.63) is 23.8 Å². The highest BCUT2D eigenvalue weighted by Crippen LogP contribution is 2.30. The van der Waals surface area contributed by atoms with E-state index in [1.54, 1.807) is 6.07 Å². The molecule has 1 heterocycles. The van der Waals surface area contributed by atoms with Crippen molar-refractivity contribution in [1.82, 2.24) is 5.32 Å². The van der Waals surface area contributed by atoms with Gasteiger partial charge in [-0.25, -0.2) is 0 Å². The summed E-state index contributed by atoms with van der Waals surface area (Å²) in [5.74, 6) is 0.860. The molecule has 64 valence electrons. The second-order valence-electron chi connectivity index (χ2n) is 2.79. The van der Waals surface area contributed by atoms with Crippen molar-refractivity contribution in [2.45, 2.75) is 6.54 Å². The van der Waals surface area contributed by atoms with Crippen LogP contribution in [0.4, 0.5) is 0 Å². The zero-order valence-corrected chi connectivity index (χ0v) is 6.71. The van der Waals surface area contributed by atoms with Crippen LogP contribution in [0.25, 0.3) is 0 Å². The van der Waals surface area contributed by atoms with Gasteiger partial charge in [0.15, 0.2) is 11.5 Å². The molecule has 0 atom stereocenters. The molecule has 3 heteroatoms. The van der Waals surface area contributed by atoms with E-state index < -0.39 is 0 Å². The van der Waals surface area contributed by atoms with Crippen LogP contribution in [-0.4, -0.2) is 18.3 Å². The summed E-state index contributed by atoms with van der Waals surface area (Å²) in [7, 11) is 0. The maximum atomic E-state index is 9.43. The summed E-state index contributed by atoms with van der Waals surface area (Å²) < 4.78 is 5.37. The molecular weight excluding hydrogens is 154 g/mol.